The minimum Gasteiger partial charge on any atom is -0.364 e. The first-order valence-corrected chi connectivity index (χ1v) is 12.0. The fourth-order valence-electron chi connectivity index (χ4n) is 3.23. The van der Waals surface area contributed by atoms with Crippen LogP contribution in [-0.4, -0.2) is 18.6 Å². The van der Waals surface area contributed by atoms with Crippen LogP contribution in [0.4, 0.5) is 18.9 Å². The molecule has 0 saturated carbocycles. The lowest BCUT2D eigenvalue weighted by atomic mass is 10.1. The molecule has 0 aliphatic rings. The van der Waals surface area contributed by atoms with Crippen molar-refractivity contribution in [3.05, 3.63) is 82.9 Å². The summed E-state index contributed by atoms with van der Waals surface area (Å²) >= 11 is 7.17. The zero-order valence-corrected chi connectivity index (χ0v) is 18.9. The molecule has 0 spiro atoms. The van der Waals surface area contributed by atoms with Crippen molar-refractivity contribution in [2.24, 2.45) is 0 Å². The second kappa shape index (κ2) is 8.62. The molecule has 0 bridgehead atoms. The van der Waals surface area contributed by atoms with Crippen molar-refractivity contribution in [3.63, 3.8) is 0 Å². The first-order valence-electron chi connectivity index (χ1n) is 9.34. The standard InChI is InChI=1S/C22H15ClF3NO4S2/c23-15-9-14(22(24,25)26)10-16(11-15)33(30,31)27-18-7-13(5-6-17(18)21(28)29)20-8-12-3-1-2-4-19(12)32-20/h1-11,21,27-29H. The van der Waals surface area contributed by atoms with Crippen LogP contribution in [0.3, 0.4) is 0 Å². The topological polar surface area (TPSA) is 86.6 Å². The predicted octanol–water partition coefficient (Wildman–Crippen LogP) is 6.02. The molecule has 3 N–H and O–H groups in total. The van der Waals surface area contributed by atoms with Crippen molar-refractivity contribution in [2.75, 3.05) is 4.72 Å². The number of rotatable bonds is 5. The van der Waals surface area contributed by atoms with Crippen molar-refractivity contribution >= 4 is 48.7 Å². The zero-order chi connectivity index (χ0) is 24.0. The molecule has 3 aromatic carbocycles. The average Bonchev–Trinajstić information content (AvgIpc) is 3.16. The van der Waals surface area contributed by atoms with E-state index < -0.39 is 38.0 Å². The lowest BCUT2D eigenvalue weighted by Crippen LogP contribution is -2.16. The minimum atomic E-state index is -4.80. The molecule has 0 unspecified atom stereocenters. The Morgan fingerprint density at radius 2 is 1.70 bits per heavy atom. The van der Waals surface area contributed by atoms with Gasteiger partial charge in [-0.15, -0.1) is 11.3 Å². The monoisotopic (exact) mass is 513 g/mol. The summed E-state index contributed by atoms with van der Waals surface area (Å²) in [6.45, 7) is 0. The molecule has 1 aromatic heterocycles. The number of sulfonamides is 1. The molecule has 33 heavy (non-hydrogen) atoms. The Bertz CT molecular complexity index is 1420. The molecule has 1 heterocycles. The fraction of sp³-hybridized carbons (Fsp3) is 0.0909. The Morgan fingerprint density at radius 3 is 2.36 bits per heavy atom. The molecule has 172 valence electrons. The van der Waals surface area contributed by atoms with Gasteiger partial charge < -0.3 is 10.2 Å². The third kappa shape index (κ3) is 4.99. The third-order valence-electron chi connectivity index (χ3n) is 4.79. The van der Waals surface area contributed by atoms with Gasteiger partial charge in [0.05, 0.1) is 16.1 Å². The SMILES string of the molecule is O=S(=O)(Nc1cc(-c2cc3ccccc3s2)ccc1C(O)O)c1cc(Cl)cc(C(F)(F)F)c1. The summed E-state index contributed by atoms with van der Waals surface area (Å²) < 4.78 is 68.3. The van der Waals surface area contributed by atoms with Crippen LogP contribution >= 0.6 is 22.9 Å². The predicted molar refractivity (Wildman–Crippen MR) is 122 cm³/mol. The van der Waals surface area contributed by atoms with Gasteiger partial charge in [0.25, 0.3) is 10.0 Å². The molecule has 0 fully saturated rings. The van der Waals surface area contributed by atoms with E-state index >= 15 is 0 Å². The Hall–Kier alpha value is -2.63. The van der Waals surface area contributed by atoms with Crippen molar-refractivity contribution in [3.8, 4) is 10.4 Å². The molecule has 0 atom stereocenters. The molecule has 0 saturated heterocycles. The molecule has 0 aliphatic carbocycles. The van der Waals surface area contributed by atoms with Gasteiger partial charge in [-0.3, -0.25) is 4.72 Å². The van der Waals surface area contributed by atoms with Crippen molar-refractivity contribution in [1.29, 1.82) is 0 Å². The van der Waals surface area contributed by atoms with Crippen molar-refractivity contribution in [1.82, 2.24) is 0 Å². The maximum absolute atomic E-state index is 13.1. The van der Waals surface area contributed by atoms with E-state index in [1.54, 1.807) is 6.07 Å². The zero-order valence-electron chi connectivity index (χ0n) is 16.5. The number of alkyl halides is 3. The van der Waals surface area contributed by atoms with Gasteiger partial charge in [-0.25, -0.2) is 8.42 Å². The number of aliphatic hydroxyl groups excluding tert-OH is 1. The largest absolute Gasteiger partial charge is 0.416 e. The minimum absolute atomic E-state index is 0.165. The summed E-state index contributed by atoms with van der Waals surface area (Å²) in [4.78, 5) is 0.0747. The van der Waals surface area contributed by atoms with Crippen LogP contribution in [0.1, 0.15) is 17.4 Å². The Kier molecular flexibility index (Phi) is 6.14. The molecule has 0 amide bonds. The third-order valence-corrected chi connectivity index (χ3v) is 7.52. The summed E-state index contributed by atoms with van der Waals surface area (Å²) in [5.74, 6) is 0. The van der Waals surface area contributed by atoms with Crippen LogP contribution in [0, 0.1) is 0 Å². The second-order valence-electron chi connectivity index (χ2n) is 7.10. The summed E-state index contributed by atoms with van der Waals surface area (Å²) in [6.07, 6.45) is -6.83. The summed E-state index contributed by atoms with van der Waals surface area (Å²) in [6, 6.07) is 15.8. The lowest BCUT2D eigenvalue weighted by molar-refractivity contribution is -0.137. The maximum atomic E-state index is 13.1. The number of nitrogens with one attached hydrogen (secondary N) is 1. The number of benzene rings is 3. The van der Waals surface area contributed by atoms with E-state index in [1.165, 1.54) is 23.5 Å². The van der Waals surface area contributed by atoms with E-state index in [9.17, 15) is 31.8 Å². The van der Waals surface area contributed by atoms with E-state index in [0.29, 0.717) is 17.7 Å². The number of hydrogen-bond donors (Lipinski definition) is 3. The highest BCUT2D eigenvalue weighted by atomic mass is 35.5. The number of aliphatic hydroxyl groups is 2. The number of halogens is 4. The summed E-state index contributed by atoms with van der Waals surface area (Å²) in [5.41, 5.74) is -0.993. The van der Waals surface area contributed by atoms with Crippen LogP contribution in [0.5, 0.6) is 0 Å². The molecule has 0 aliphatic heterocycles. The molecular weight excluding hydrogens is 499 g/mol. The highest BCUT2D eigenvalue weighted by Crippen LogP contribution is 2.37. The van der Waals surface area contributed by atoms with Crippen LogP contribution in [0.25, 0.3) is 20.5 Å². The molecule has 0 radical (unpaired) electrons. The van der Waals surface area contributed by atoms with E-state index in [4.69, 9.17) is 11.6 Å². The molecule has 4 aromatic rings. The number of thiophene rings is 1. The average molecular weight is 514 g/mol. The van der Waals surface area contributed by atoms with Gasteiger partial charge in [0.2, 0.25) is 0 Å². The number of fused-ring (bicyclic) bond motifs is 1. The summed E-state index contributed by atoms with van der Waals surface area (Å²) in [5, 5.41) is 20.0. The quantitative estimate of drug-likeness (QED) is 0.285. The highest BCUT2D eigenvalue weighted by Gasteiger charge is 2.32. The van der Waals surface area contributed by atoms with Gasteiger partial charge in [0.1, 0.15) is 0 Å². The van der Waals surface area contributed by atoms with Crippen molar-refractivity contribution < 1.29 is 31.8 Å². The van der Waals surface area contributed by atoms with Crippen LogP contribution < -0.4 is 4.72 Å². The van der Waals surface area contributed by atoms with Crippen molar-refractivity contribution in [2.45, 2.75) is 17.4 Å². The number of hydrogen-bond acceptors (Lipinski definition) is 5. The van der Waals surface area contributed by atoms with Gasteiger partial charge in [-0.1, -0.05) is 41.9 Å². The van der Waals surface area contributed by atoms with Gasteiger partial charge in [-0.05, 0) is 47.3 Å². The smallest absolute Gasteiger partial charge is 0.364 e. The van der Waals surface area contributed by atoms with Gasteiger partial charge >= 0.3 is 6.18 Å². The normalized spacial score (nSPS) is 12.5. The van der Waals surface area contributed by atoms with Gasteiger partial charge in [0, 0.05) is 20.2 Å². The van der Waals surface area contributed by atoms with Gasteiger partial charge in [0.15, 0.2) is 6.29 Å². The molecule has 5 nitrogen and oxygen atoms in total. The first kappa shape index (κ1) is 23.5. The molecular formula is C22H15ClF3NO4S2. The lowest BCUT2D eigenvalue weighted by Gasteiger charge is -2.16. The van der Waals surface area contributed by atoms with E-state index in [2.05, 4.69) is 4.72 Å². The number of anilines is 1. The van der Waals surface area contributed by atoms with Crippen LogP contribution in [0.15, 0.2) is 71.6 Å². The van der Waals surface area contributed by atoms with Gasteiger partial charge in [-0.2, -0.15) is 13.2 Å². The fourth-order valence-corrected chi connectivity index (χ4v) is 5.74. The van der Waals surface area contributed by atoms with Crippen LogP contribution in [0.2, 0.25) is 5.02 Å². The summed E-state index contributed by atoms with van der Waals surface area (Å²) in [7, 11) is -4.55. The highest BCUT2D eigenvalue weighted by molar-refractivity contribution is 7.92. The Labute approximate surface area is 195 Å². The van der Waals surface area contributed by atoms with E-state index in [-0.39, 0.29) is 11.3 Å². The van der Waals surface area contributed by atoms with Crippen LogP contribution in [-0.2, 0) is 16.2 Å². The Balaban J connectivity index is 1.78. The van der Waals surface area contributed by atoms with E-state index in [0.717, 1.165) is 21.0 Å². The Morgan fingerprint density at radius 1 is 0.970 bits per heavy atom. The molecule has 4 rings (SSSR count). The maximum Gasteiger partial charge on any atom is 0.416 e. The molecule has 11 heteroatoms. The first-order chi connectivity index (χ1) is 15.4. The second-order valence-corrected chi connectivity index (χ2v) is 10.3. The van der Waals surface area contributed by atoms with E-state index in [1.807, 2.05) is 30.3 Å².